The highest BCUT2D eigenvalue weighted by Crippen LogP contribution is 2.34. The van der Waals surface area contributed by atoms with Crippen molar-refractivity contribution in [2.45, 2.75) is 0 Å². The van der Waals surface area contributed by atoms with Crippen LogP contribution in [0.3, 0.4) is 0 Å². The number of nitrogens with zero attached hydrogens (tertiary/aromatic N) is 1. The summed E-state index contributed by atoms with van der Waals surface area (Å²) >= 11 is 0. The van der Waals surface area contributed by atoms with Crippen LogP contribution in [0.5, 0.6) is 5.75 Å². The first kappa shape index (κ1) is 13.1. The largest absolute Gasteiger partial charge is 0.496 e. The Morgan fingerprint density at radius 1 is 1.14 bits per heavy atom. The number of rotatable bonds is 3. The van der Waals surface area contributed by atoms with Gasteiger partial charge < -0.3 is 9.84 Å². The van der Waals surface area contributed by atoms with Crippen LogP contribution in [0.1, 0.15) is 10.4 Å². The molecule has 21 heavy (non-hydrogen) atoms. The molecule has 1 heterocycles. The van der Waals surface area contributed by atoms with Crippen molar-refractivity contribution in [3.8, 4) is 16.9 Å². The van der Waals surface area contributed by atoms with Crippen LogP contribution in [-0.2, 0) is 0 Å². The van der Waals surface area contributed by atoms with Gasteiger partial charge in [-0.15, -0.1) is 0 Å². The molecule has 0 saturated carbocycles. The molecule has 0 spiro atoms. The molecule has 0 aliphatic carbocycles. The number of carbonyl (C=O) groups is 1. The zero-order chi connectivity index (χ0) is 14.8. The third kappa shape index (κ3) is 2.31. The van der Waals surface area contributed by atoms with Crippen molar-refractivity contribution in [3.63, 3.8) is 0 Å². The van der Waals surface area contributed by atoms with Crippen LogP contribution in [0, 0.1) is 0 Å². The summed E-state index contributed by atoms with van der Waals surface area (Å²) in [6, 6.07) is 12.6. The molecule has 2 aromatic carbocycles. The highest BCUT2D eigenvalue weighted by Gasteiger charge is 2.10. The summed E-state index contributed by atoms with van der Waals surface area (Å²) in [6.07, 6.45) is 3.46. The smallest absolute Gasteiger partial charge is 0.335 e. The first-order valence-electron chi connectivity index (χ1n) is 6.45. The quantitative estimate of drug-likeness (QED) is 0.795. The summed E-state index contributed by atoms with van der Waals surface area (Å²) in [6.45, 7) is 0. The fourth-order valence-corrected chi connectivity index (χ4v) is 2.41. The average molecular weight is 279 g/mol. The second-order valence-corrected chi connectivity index (χ2v) is 4.62. The minimum atomic E-state index is -0.934. The van der Waals surface area contributed by atoms with Crippen LogP contribution >= 0.6 is 0 Å². The number of aromatic nitrogens is 1. The molecule has 3 aromatic rings. The van der Waals surface area contributed by atoms with Crippen molar-refractivity contribution in [2.24, 2.45) is 0 Å². The number of hydrogen-bond donors (Lipinski definition) is 1. The van der Waals surface area contributed by atoms with E-state index in [1.54, 1.807) is 37.7 Å². The predicted octanol–water partition coefficient (Wildman–Crippen LogP) is 3.61. The molecular weight excluding hydrogens is 266 g/mol. The molecule has 0 fully saturated rings. The lowest BCUT2D eigenvalue weighted by atomic mass is 9.97. The van der Waals surface area contributed by atoms with Crippen molar-refractivity contribution < 1.29 is 14.6 Å². The minimum Gasteiger partial charge on any atom is -0.496 e. The van der Waals surface area contributed by atoms with E-state index in [9.17, 15) is 4.79 Å². The maximum absolute atomic E-state index is 11.1. The first-order valence-corrected chi connectivity index (χ1v) is 6.45. The number of ether oxygens (including phenoxy) is 1. The van der Waals surface area contributed by atoms with E-state index in [1.165, 1.54) is 0 Å². The molecule has 4 nitrogen and oxygen atoms in total. The molecule has 0 aliphatic rings. The Bertz CT molecular complexity index is 827. The minimum absolute atomic E-state index is 0.269. The van der Waals surface area contributed by atoms with E-state index in [1.807, 2.05) is 24.3 Å². The number of hydrogen-bond acceptors (Lipinski definition) is 3. The van der Waals surface area contributed by atoms with Crippen LogP contribution in [0.4, 0.5) is 0 Å². The van der Waals surface area contributed by atoms with Crippen LogP contribution < -0.4 is 4.74 Å². The fraction of sp³-hybridized carbons (Fsp3) is 0.0588. The second-order valence-electron chi connectivity index (χ2n) is 4.62. The van der Waals surface area contributed by atoms with Gasteiger partial charge in [0.15, 0.2) is 0 Å². The predicted molar refractivity (Wildman–Crippen MR) is 80.7 cm³/mol. The van der Waals surface area contributed by atoms with Crippen LogP contribution in [0.15, 0.2) is 54.9 Å². The van der Waals surface area contributed by atoms with E-state index < -0.39 is 5.97 Å². The summed E-state index contributed by atoms with van der Waals surface area (Å²) in [5.74, 6) is -0.187. The lowest BCUT2D eigenvalue weighted by Gasteiger charge is -2.10. The van der Waals surface area contributed by atoms with E-state index in [2.05, 4.69) is 4.98 Å². The van der Waals surface area contributed by atoms with Gasteiger partial charge in [0.05, 0.1) is 12.7 Å². The molecule has 0 atom stereocenters. The maximum atomic E-state index is 11.1. The number of methoxy groups -OCH3 is 1. The highest BCUT2D eigenvalue weighted by atomic mass is 16.5. The molecule has 4 heteroatoms. The normalized spacial score (nSPS) is 10.5. The van der Waals surface area contributed by atoms with Crippen molar-refractivity contribution in [3.05, 3.63) is 60.4 Å². The van der Waals surface area contributed by atoms with E-state index in [0.29, 0.717) is 0 Å². The molecule has 0 bridgehead atoms. The molecular formula is C17H13NO3. The van der Waals surface area contributed by atoms with Crippen LogP contribution in [-0.4, -0.2) is 23.2 Å². The molecule has 0 unspecified atom stereocenters. The number of aromatic carboxylic acids is 1. The molecule has 0 amide bonds. The topological polar surface area (TPSA) is 59.4 Å². The van der Waals surface area contributed by atoms with Gasteiger partial charge in [-0.1, -0.05) is 18.2 Å². The third-order valence-corrected chi connectivity index (χ3v) is 3.42. The number of fused-ring (bicyclic) bond motifs is 1. The lowest BCUT2D eigenvalue weighted by Crippen LogP contribution is -1.96. The number of carboxylic acids is 1. The highest BCUT2D eigenvalue weighted by molar-refractivity contribution is 6.00. The molecule has 0 aliphatic heterocycles. The maximum Gasteiger partial charge on any atom is 0.335 e. The molecule has 0 radical (unpaired) electrons. The van der Waals surface area contributed by atoms with Crippen molar-refractivity contribution >= 4 is 16.7 Å². The first-order chi connectivity index (χ1) is 10.2. The van der Waals surface area contributed by atoms with Gasteiger partial charge >= 0.3 is 5.97 Å². The Kier molecular flexibility index (Phi) is 3.28. The number of pyridine rings is 1. The van der Waals surface area contributed by atoms with Crippen LogP contribution in [0.2, 0.25) is 0 Å². The molecule has 0 saturated heterocycles. The summed E-state index contributed by atoms with van der Waals surface area (Å²) in [4.78, 5) is 15.2. The summed E-state index contributed by atoms with van der Waals surface area (Å²) in [5.41, 5.74) is 2.08. The second kappa shape index (κ2) is 5.25. The molecule has 1 N–H and O–H groups in total. The third-order valence-electron chi connectivity index (χ3n) is 3.42. The Morgan fingerprint density at radius 2 is 2.00 bits per heavy atom. The van der Waals surface area contributed by atoms with Gasteiger partial charge in [-0.3, -0.25) is 4.98 Å². The van der Waals surface area contributed by atoms with Gasteiger partial charge in [0, 0.05) is 17.8 Å². The number of carboxylic acid groups (broad SMARTS) is 1. The van der Waals surface area contributed by atoms with E-state index in [0.717, 1.165) is 27.6 Å². The summed E-state index contributed by atoms with van der Waals surface area (Å²) in [7, 11) is 1.62. The van der Waals surface area contributed by atoms with E-state index >= 15 is 0 Å². The Hall–Kier alpha value is -2.88. The van der Waals surface area contributed by atoms with Gasteiger partial charge in [-0.25, -0.2) is 4.79 Å². The summed E-state index contributed by atoms with van der Waals surface area (Å²) < 4.78 is 5.35. The van der Waals surface area contributed by atoms with Crippen molar-refractivity contribution in [2.75, 3.05) is 7.11 Å². The SMILES string of the molecule is COc1ccc(-c2cccc(C(=O)O)c2)c2ccncc12. The van der Waals surface area contributed by atoms with Gasteiger partial charge in [-0.05, 0) is 40.8 Å². The van der Waals surface area contributed by atoms with Gasteiger partial charge in [0.1, 0.15) is 5.75 Å². The zero-order valence-corrected chi connectivity index (χ0v) is 11.4. The molecule has 3 rings (SSSR count). The molecule has 104 valence electrons. The van der Waals surface area contributed by atoms with Gasteiger partial charge in [0.2, 0.25) is 0 Å². The standard InChI is InChI=1S/C17H13NO3/c1-21-16-6-5-13(14-7-8-18-10-15(14)16)11-3-2-4-12(9-11)17(19)20/h2-10H,1H3,(H,19,20). The van der Waals surface area contributed by atoms with Gasteiger partial charge in [-0.2, -0.15) is 0 Å². The van der Waals surface area contributed by atoms with Crippen molar-refractivity contribution in [1.29, 1.82) is 0 Å². The monoisotopic (exact) mass is 279 g/mol. The average Bonchev–Trinajstić information content (AvgIpc) is 2.54. The Labute approximate surface area is 121 Å². The zero-order valence-electron chi connectivity index (χ0n) is 11.4. The van der Waals surface area contributed by atoms with E-state index in [4.69, 9.17) is 9.84 Å². The lowest BCUT2D eigenvalue weighted by molar-refractivity contribution is 0.0697. The summed E-state index contributed by atoms with van der Waals surface area (Å²) in [5, 5.41) is 11.0. The Morgan fingerprint density at radius 3 is 2.76 bits per heavy atom. The van der Waals surface area contributed by atoms with Gasteiger partial charge in [0.25, 0.3) is 0 Å². The fourth-order valence-electron chi connectivity index (χ4n) is 2.41. The Balaban J connectivity index is 2.26. The van der Waals surface area contributed by atoms with E-state index in [-0.39, 0.29) is 5.56 Å². The van der Waals surface area contributed by atoms with Crippen molar-refractivity contribution in [1.82, 2.24) is 4.98 Å². The molecule has 1 aromatic heterocycles. The van der Waals surface area contributed by atoms with Crippen LogP contribution in [0.25, 0.3) is 21.9 Å². The number of benzene rings is 2.